The molecule has 1 fully saturated rings. The van der Waals surface area contributed by atoms with E-state index in [1.807, 2.05) is 24.3 Å². The van der Waals surface area contributed by atoms with Crippen molar-refractivity contribution in [1.82, 2.24) is 5.32 Å². The molecule has 1 saturated carbocycles. The molecule has 0 unspecified atom stereocenters. The van der Waals surface area contributed by atoms with Crippen LogP contribution in [0.5, 0.6) is 0 Å². The van der Waals surface area contributed by atoms with Crippen molar-refractivity contribution in [3.05, 3.63) is 29.8 Å². The van der Waals surface area contributed by atoms with Gasteiger partial charge in [0.1, 0.15) is 0 Å². The molecule has 0 radical (unpaired) electrons. The summed E-state index contributed by atoms with van der Waals surface area (Å²) < 4.78 is 0. The van der Waals surface area contributed by atoms with Gasteiger partial charge in [0.05, 0.1) is 6.42 Å². The molecule has 0 heterocycles. The number of benzene rings is 1. The van der Waals surface area contributed by atoms with Crippen LogP contribution in [0.3, 0.4) is 0 Å². The van der Waals surface area contributed by atoms with Crippen LogP contribution in [-0.2, 0) is 11.2 Å². The fourth-order valence-corrected chi connectivity index (χ4v) is 3.37. The summed E-state index contributed by atoms with van der Waals surface area (Å²) in [4.78, 5) is 12.0. The van der Waals surface area contributed by atoms with Gasteiger partial charge in [-0.2, -0.15) is 0 Å². The van der Waals surface area contributed by atoms with Crippen LogP contribution in [0.15, 0.2) is 24.3 Å². The number of rotatable bonds is 4. The highest BCUT2D eigenvalue weighted by Gasteiger charge is 2.29. The van der Waals surface area contributed by atoms with E-state index >= 15 is 0 Å². The predicted octanol–water partition coefficient (Wildman–Crippen LogP) is 4.20. The third kappa shape index (κ3) is 6.42. The topological polar surface area (TPSA) is 55.1 Å². The van der Waals surface area contributed by atoms with E-state index in [9.17, 15) is 4.79 Å². The van der Waals surface area contributed by atoms with Crippen molar-refractivity contribution in [3.63, 3.8) is 0 Å². The van der Waals surface area contributed by atoms with Gasteiger partial charge < -0.3 is 11.1 Å². The van der Waals surface area contributed by atoms with Gasteiger partial charge in [0.15, 0.2) is 0 Å². The maximum absolute atomic E-state index is 12.0. The normalized spacial score (nSPS) is 21.3. The van der Waals surface area contributed by atoms with Gasteiger partial charge >= 0.3 is 0 Å². The Labute approximate surface area is 146 Å². The van der Waals surface area contributed by atoms with E-state index in [2.05, 4.69) is 26.1 Å². The fraction of sp³-hybridized carbons (Fsp3) is 0.632. The Hall–Kier alpha value is -1.22. The number of amides is 1. The minimum absolute atomic E-state index is 0. The molecule has 3 nitrogen and oxygen atoms in total. The molecule has 0 aromatic heterocycles. The zero-order chi connectivity index (χ0) is 16.2. The van der Waals surface area contributed by atoms with E-state index in [-0.39, 0.29) is 18.3 Å². The number of carbonyl (C=O) groups excluding carboxylic acids is 1. The van der Waals surface area contributed by atoms with Crippen molar-refractivity contribution < 1.29 is 4.79 Å². The Bertz CT molecular complexity index is 485. The SMILES string of the molecule is CC(C)(C)C1CCC(CNC(=O)Cc2ccc(N)cc2)CC1.Cl. The summed E-state index contributed by atoms with van der Waals surface area (Å²) in [7, 11) is 0. The zero-order valence-electron chi connectivity index (χ0n) is 14.6. The molecule has 1 amide bonds. The monoisotopic (exact) mass is 338 g/mol. The molecule has 2 rings (SSSR count). The average Bonchev–Trinajstić information content (AvgIpc) is 2.47. The molecule has 130 valence electrons. The average molecular weight is 339 g/mol. The lowest BCUT2D eigenvalue weighted by atomic mass is 9.70. The molecular weight excluding hydrogens is 308 g/mol. The highest BCUT2D eigenvalue weighted by molar-refractivity contribution is 5.85. The highest BCUT2D eigenvalue weighted by Crippen LogP contribution is 2.39. The van der Waals surface area contributed by atoms with Crippen molar-refractivity contribution in [2.45, 2.75) is 52.9 Å². The summed E-state index contributed by atoms with van der Waals surface area (Å²) >= 11 is 0. The summed E-state index contributed by atoms with van der Waals surface area (Å²) in [5.41, 5.74) is 7.83. The van der Waals surface area contributed by atoms with Crippen LogP contribution < -0.4 is 11.1 Å². The van der Waals surface area contributed by atoms with Crippen LogP contribution >= 0.6 is 12.4 Å². The molecule has 1 aromatic rings. The molecule has 23 heavy (non-hydrogen) atoms. The van der Waals surface area contributed by atoms with Gasteiger partial charge in [-0.1, -0.05) is 32.9 Å². The summed E-state index contributed by atoms with van der Waals surface area (Å²) in [5, 5.41) is 3.10. The minimum Gasteiger partial charge on any atom is -0.399 e. The molecule has 3 N–H and O–H groups in total. The number of nitrogens with one attached hydrogen (secondary N) is 1. The number of anilines is 1. The molecule has 0 saturated heterocycles. The van der Waals surface area contributed by atoms with Gasteiger partial charge in [-0.3, -0.25) is 4.79 Å². The summed E-state index contributed by atoms with van der Waals surface area (Å²) in [6.07, 6.45) is 5.51. The largest absolute Gasteiger partial charge is 0.399 e. The lowest BCUT2D eigenvalue weighted by Gasteiger charge is -2.37. The van der Waals surface area contributed by atoms with Crippen LogP contribution in [0.2, 0.25) is 0 Å². The van der Waals surface area contributed by atoms with E-state index in [0.29, 0.717) is 17.8 Å². The first-order valence-corrected chi connectivity index (χ1v) is 8.45. The second-order valence-electron chi connectivity index (χ2n) is 7.81. The van der Waals surface area contributed by atoms with Crippen LogP contribution in [0.1, 0.15) is 52.0 Å². The van der Waals surface area contributed by atoms with Gasteiger partial charge in [0, 0.05) is 12.2 Å². The Morgan fingerprint density at radius 1 is 1.13 bits per heavy atom. The fourth-order valence-electron chi connectivity index (χ4n) is 3.37. The first-order valence-electron chi connectivity index (χ1n) is 8.45. The van der Waals surface area contributed by atoms with E-state index < -0.39 is 0 Å². The van der Waals surface area contributed by atoms with Gasteiger partial charge in [-0.25, -0.2) is 0 Å². The Balaban J connectivity index is 0.00000264. The van der Waals surface area contributed by atoms with Crippen molar-refractivity contribution in [2.75, 3.05) is 12.3 Å². The van der Waals surface area contributed by atoms with E-state index in [1.165, 1.54) is 25.7 Å². The number of halogens is 1. The lowest BCUT2D eigenvalue weighted by Crippen LogP contribution is -2.34. The van der Waals surface area contributed by atoms with Crippen molar-refractivity contribution in [2.24, 2.45) is 17.3 Å². The zero-order valence-corrected chi connectivity index (χ0v) is 15.4. The third-order valence-electron chi connectivity index (χ3n) is 5.00. The van der Waals surface area contributed by atoms with Gasteiger partial charge in [-0.05, 0) is 60.6 Å². The Morgan fingerprint density at radius 2 is 1.70 bits per heavy atom. The molecule has 0 atom stereocenters. The third-order valence-corrected chi connectivity index (χ3v) is 5.00. The number of nitrogens with two attached hydrogens (primary N) is 1. The second kappa shape index (κ2) is 8.58. The molecule has 4 heteroatoms. The van der Waals surface area contributed by atoms with Crippen LogP contribution in [-0.4, -0.2) is 12.5 Å². The summed E-state index contributed by atoms with van der Waals surface area (Å²) in [6.45, 7) is 7.84. The van der Waals surface area contributed by atoms with Crippen molar-refractivity contribution in [1.29, 1.82) is 0 Å². The molecule has 1 aliphatic rings. The number of hydrogen-bond donors (Lipinski definition) is 2. The summed E-state index contributed by atoms with van der Waals surface area (Å²) in [5.74, 6) is 1.59. The molecule has 0 spiro atoms. The molecular formula is C19H31ClN2O. The van der Waals surface area contributed by atoms with Crippen LogP contribution in [0.4, 0.5) is 5.69 Å². The number of hydrogen-bond acceptors (Lipinski definition) is 2. The van der Waals surface area contributed by atoms with E-state index in [1.54, 1.807) is 0 Å². The molecule has 1 aromatic carbocycles. The number of nitrogen functional groups attached to an aromatic ring is 1. The van der Waals surface area contributed by atoms with Crippen molar-refractivity contribution in [3.8, 4) is 0 Å². The van der Waals surface area contributed by atoms with E-state index in [0.717, 1.165) is 23.7 Å². The van der Waals surface area contributed by atoms with Crippen LogP contribution in [0.25, 0.3) is 0 Å². The Kier molecular flexibility index (Phi) is 7.40. The second-order valence-corrected chi connectivity index (χ2v) is 7.81. The standard InChI is InChI=1S/C19H30N2O.ClH/c1-19(2,3)16-8-4-15(5-9-16)13-21-18(22)12-14-6-10-17(20)11-7-14;/h6-7,10-11,15-16H,4-5,8-9,12-13,20H2,1-3H3,(H,21,22);1H. The predicted molar refractivity (Wildman–Crippen MR) is 99.7 cm³/mol. The first-order chi connectivity index (χ1) is 10.3. The van der Waals surface area contributed by atoms with E-state index in [4.69, 9.17) is 5.73 Å². The van der Waals surface area contributed by atoms with Gasteiger partial charge in [0.25, 0.3) is 0 Å². The molecule has 1 aliphatic carbocycles. The minimum atomic E-state index is 0. The maximum Gasteiger partial charge on any atom is 0.224 e. The van der Waals surface area contributed by atoms with Gasteiger partial charge in [0.2, 0.25) is 5.91 Å². The smallest absolute Gasteiger partial charge is 0.224 e. The lowest BCUT2D eigenvalue weighted by molar-refractivity contribution is -0.120. The highest BCUT2D eigenvalue weighted by atomic mass is 35.5. The van der Waals surface area contributed by atoms with Gasteiger partial charge in [-0.15, -0.1) is 12.4 Å². The van der Waals surface area contributed by atoms with Crippen LogP contribution in [0, 0.1) is 17.3 Å². The van der Waals surface area contributed by atoms with Crippen molar-refractivity contribution >= 4 is 24.0 Å². The number of carbonyl (C=O) groups is 1. The first kappa shape index (κ1) is 19.8. The molecule has 0 bridgehead atoms. The quantitative estimate of drug-likeness (QED) is 0.808. The Morgan fingerprint density at radius 3 is 2.22 bits per heavy atom. The molecule has 0 aliphatic heterocycles. The maximum atomic E-state index is 12.0. The summed E-state index contributed by atoms with van der Waals surface area (Å²) in [6, 6.07) is 7.53.